The molecule has 1 aromatic rings. The third-order valence-electron chi connectivity index (χ3n) is 3.14. The zero-order valence-electron chi connectivity index (χ0n) is 12.9. The first-order valence-corrected chi connectivity index (χ1v) is 7.46. The maximum atomic E-state index is 13.8. The van der Waals surface area contributed by atoms with Gasteiger partial charge in [-0.2, -0.15) is 4.39 Å². The summed E-state index contributed by atoms with van der Waals surface area (Å²) in [4.78, 5) is 23.7. The van der Waals surface area contributed by atoms with Crippen molar-refractivity contribution in [3.8, 4) is 5.75 Å². The van der Waals surface area contributed by atoms with E-state index in [1.54, 1.807) is 0 Å². The van der Waals surface area contributed by atoms with Crippen LogP contribution in [0.1, 0.15) is 19.4 Å². The molecular weight excluding hydrogens is 394 g/mol. The molecule has 1 aliphatic rings. The number of carbonyl (C=O) groups excluding carboxylic acids is 2. The van der Waals surface area contributed by atoms with Crippen molar-refractivity contribution in [1.29, 1.82) is 0 Å². The Bertz CT molecular complexity index is 735. The molecule has 1 fully saturated rings. The van der Waals surface area contributed by atoms with Gasteiger partial charge in [0, 0.05) is 20.3 Å². The first kappa shape index (κ1) is 18.2. The van der Waals surface area contributed by atoms with Crippen molar-refractivity contribution in [1.82, 2.24) is 0 Å². The molecule has 6 nitrogen and oxygen atoms in total. The maximum absolute atomic E-state index is 13.8. The van der Waals surface area contributed by atoms with E-state index in [1.165, 1.54) is 13.8 Å². The summed E-state index contributed by atoms with van der Waals surface area (Å²) < 4.78 is 41.6. The van der Waals surface area contributed by atoms with Gasteiger partial charge in [0.25, 0.3) is 5.79 Å². The van der Waals surface area contributed by atoms with Gasteiger partial charge in [-0.05, 0) is 27.6 Å². The average molecular weight is 407 g/mol. The van der Waals surface area contributed by atoms with Crippen LogP contribution in [0.2, 0.25) is 0 Å². The highest BCUT2D eigenvalue weighted by molar-refractivity contribution is 9.10. The Morgan fingerprint density at radius 1 is 1.25 bits per heavy atom. The number of hydrogen-bond donors (Lipinski definition) is 1. The number of hydrogen-bond acceptors (Lipinski definition) is 6. The summed E-state index contributed by atoms with van der Waals surface area (Å²) in [6.45, 7) is 2.71. The molecule has 24 heavy (non-hydrogen) atoms. The molecule has 2 rings (SSSR count). The molecule has 1 aliphatic heterocycles. The van der Waals surface area contributed by atoms with Crippen LogP contribution in [0.25, 0.3) is 0 Å². The number of esters is 2. The molecule has 0 radical (unpaired) electrons. The van der Waals surface area contributed by atoms with Crippen molar-refractivity contribution in [3.05, 3.63) is 39.1 Å². The number of methoxy groups -OCH3 is 1. The smallest absolute Gasteiger partial charge is 0.352 e. The molecule has 130 valence electrons. The van der Waals surface area contributed by atoms with Crippen LogP contribution in [-0.2, 0) is 25.5 Å². The van der Waals surface area contributed by atoms with Crippen LogP contribution in [-0.4, -0.2) is 29.9 Å². The fraction of sp³-hybridized carbons (Fsp3) is 0.333. The third-order valence-corrected chi connectivity index (χ3v) is 4.00. The Labute approximate surface area is 144 Å². The lowest BCUT2D eigenvalue weighted by Crippen LogP contribution is -2.42. The summed E-state index contributed by atoms with van der Waals surface area (Å²) in [6.07, 6.45) is -0.450. The molecule has 9 heteroatoms. The predicted octanol–water partition coefficient (Wildman–Crippen LogP) is 2.93. The van der Waals surface area contributed by atoms with E-state index in [-0.39, 0.29) is 10.0 Å². The third kappa shape index (κ3) is 3.35. The lowest BCUT2D eigenvalue weighted by Gasteiger charge is -2.30. The monoisotopic (exact) mass is 406 g/mol. The van der Waals surface area contributed by atoms with Gasteiger partial charge in [0.15, 0.2) is 17.1 Å². The largest absolute Gasteiger partial charge is 0.511 e. The Morgan fingerprint density at radius 2 is 1.79 bits per heavy atom. The van der Waals surface area contributed by atoms with Crippen LogP contribution in [0.3, 0.4) is 0 Å². The van der Waals surface area contributed by atoms with Crippen molar-refractivity contribution in [2.75, 3.05) is 7.11 Å². The molecule has 0 aliphatic carbocycles. The molecular formula is C15H13BrF2O6. The van der Waals surface area contributed by atoms with Gasteiger partial charge >= 0.3 is 11.9 Å². The molecule has 1 aromatic carbocycles. The Hall–Kier alpha value is -2.16. The standard InChI is InChI=1S/C15H13BrF2O6/c1-15(2)23-13(20)9(14(21)24-15)7(19)4-6-5-8(22-3)11(17)12(18)10(6)16/h5,19H,4H2,1-3H3. The average Bonchev–Trinajstić information content (AvgIpc) is 2.45. The van der Waals surface area contributed by atoms with E-state index >= 15 is 0 Å². The summed E-state index contributed by atoms with van der Waals surface area (Å²) in [5, 5.41) is 10.1. The van der Waals surface area contributed by atoms with Gasteiger partial charge in [-0.3, -0.25) is 0 Å². The Balaban J connectivity index is 2.43. The summed E-state index contributed by atoms with van der Waals surface area (Å²) in [7, 11) is 1.14. The van der Waals surface area contributed by atoms with Crippen LogP contribution in [0.4, 0.5) is 8.78 Å². The van der Waals surface area contributed by atoms with Crippen molar-refractivity contribution < 1.29 is 37.7 Å². The van der Waals surface area contributed by atoms with Crippen LogP contribution >= 0.6 is 15.9 Å². The van der Waals surface area contributed by atoms with E-state index in [1.807, 2.05) is 0 Å². The first-order valence-electron chi connectivity index (χ1n) is 6.66. The van der Waals surface area contributed by atoms with E-state index < -0.39 is 52.9 Å². The number of allylic oxidation sites excluding steroid dienone is 1. The number of halogens is 3. The summed E-state index contributed by atoms with van der Waals surface area (Å²) in [5.74, 6) is -7.12. The van der Waals surface area contributed by atoms with Crippen LogP contribution in [0.15, 0.2) is 21.9 Å². The zero-order valence-corrected chi connectivity index (χ0v) is 14.5. The minimum absolute atomic E-state index is 0.0567. The van der Waals surface area contributed by atoms with Gasteiger partial charge in [-0.25, -0.2) is 14.0 Å². The normalized spacial score (nSPS) is 16.5. The molecule has 0 unspecified atom stereocenters. The molecule has 0 aromatic heterocycles. The lowest BCUT2D eigenvalue weighted by molar-refractivity contribution is -0.222. The van der Waals surface area contributed by atoms with Crippen molar-refractivity contribution in [3.63, 3.8) is 0 Å². The van der Waals surface area contributed by atoms with Crippen molar-refractivity contribution in [2.45, 2.75) is 26.1 Å². The maximum Gasteiger partial charge on any atom is 0.352 e. The topological polar surface area (TPSA) is 82.1 Å². The second kappa shape index (κ2) is 6.39. The Kier molecular flexibility index (Phi) is 4.84. The fourth-order valence-electron chi connectivity index (χ4n) is 2.06. The molecule has 0 atom stereocenters. The number of ether oxygens (including phenoxy) is 3. The van der Waals surface area contributed by atoms with Crippen molar-refractivity contribution >= 4 is 27.9 Å². The highest BCUT2D eigenvalue weighted by Crippen LogP contribution is 2.32. The minimum atomic E-state index is -1.45. The Morgan fingerprint density at radius 3 is 2.29 bits per heavy atom. The van der Waals surface area contributed by atoms with E-state index in [9.17, 15) is 23.5 Å². The van der Waals surface area contributed by atoms with Crippen molar-refractivity contribution in [2.24, 2.45) is 0 Å². The highest BCUT2D eigenvalue weighted by atomic mass is 79.9. The first-order chi connectivity index (χ1) is 11.1. The quantitative estimate of drug-likeness (QED) is 0.273. The van der Waals surface area contributed by atoms with Gasteiger partial charge in [0.1, 0.15) is 5.76 Å². The van der Waals surface area contributed by atoms with E-state index in [4.69, 9.17) is 14.2 Å². The molecule has 1 heterocycles. The number of benzene rings is 1. The predicted molar refractivity (Wildman–Crippen MR) is 80.2 cm³/mol. The minimum Gasteiger partial charge on any atom is -0.511 e. The van der Waals surface area contributed by atoms with E-state index in [2.05, 4.69) is 15.9 Å². The van der Waals surface area contributed by atoms with Gasteiger partial charge in [-0.15, -0.1) is 0 Å². The van der Waals surface area contributed by atoms with Gasteiger partial charge in [-0.1, -0.05) is 0 Å². The number of aliphatic hydroxyl groups is 1. The fourth-order valence-corrected chi connectivity index (χ4v) is 2.49. The number of aliphatic hydroxyl groups excluding tert-OH is 1. The van der Waals surface area contributed by atoms with E-state index in [0.717, 1.165) is 13.2 Å². The molecule has 0 spiro atoms. The SMILES string of the molecule is COc1cc(CC(O)=C2C(=O)OC(C)(C)OC2=O)c(Br)c(F)c1F. The number of rotatable bonds is 3. The molecule has 0 bridgehead atoms. The second-order valence-electron chi connectivity index (χ2n) is 5.36. The van der Waals surface area contributed by atoms with Crippen LogP contribution in [0.5, 0.6) is 5.75 Å². The van der Waals surface area contributed by atoms with Crippen LogP contribution < -0.4 is 4.74 Å². The van der Waals surface area contributed by atoms with E-state index in [0.29, 0.717) is 0 Å². The summed E-state index contributed by atoms with van der Waals surface area (Å²) >= 11 is 2.86. The van der Waals surface area contributed by atoms with Crippen LogP contribution in [0, 0.1) is 11.6 Å². The molecule has 1 N–H and O–H groups in total. The molecule has 1 saturated heterocycles. The second-order valence-corrected chi connectivity index (χ2v) is 6.15. The number of carbonyl (C=O) groups is 2. The summed E-state index contributed by atoms with van der Waals surface area (Å²) in [5.41, 5.74) is -0.647. The van der Waals surface area contributed by atoms with Gasteiger partial charge < -0.3 is 19.3 Å². The molecule has 0 amide bonds. The van der Waals surface area contributed by atoms with Gasteiger partial charge in [0.05, 0.1) is 11.6 Å². The zero-order chi connectivity index (χ0) is 18.2. The summed E-state index contributed by atoms with van der Waals surface area (Å²) in [6, 6.07) is 1.13. The number of cyclic esters (lactones) is 2. The lowest BCUT2D eigenvalue weighted by atomic mass is 10.1. The van der Waals surface area contributed by atoms with Gasteiger partial charge in [0.2, 0.25) is 5.82 Å². The highest BCUT2D eigenvalue weighted by Gasteiger charge is 2.41. The molecule has 0 saturated carbocycles.